The Morgan fingerprint density at radius 3 is 2.19 bits per heavy atom. The molecule has 0 aromatic heterocycles. The van der Waals surface area contributed by atoms with E-state index in [1.165, 1.54) is 0 Å². The van der Waals surface area contributed by atoms with Crippen molar-refractivity contribution >= 4 is 17.3 Å². The van der Waals surface area contributed by atoms with Gasteiger partial charge in [0.1, 0.15) is 6.10 Å². The minimum Gasteiger partial charge on any atom is -0.459 e. The molecule has 0 saturated heterocycles. The van der Waals surface area contributed by atoms with Crippen molar-refractivity contribution < 1.29 is 14.3 Å². The van der Waals surface area contributed by atoms with Gasteiger partial charge in [0.05, 0.1) is 5.57 Å². The third kappa shape index (κ3) is 4.90. The van der Waals surface area contributed by atoms with Crippen molar-refractivity contribution in [1.82, 2.24) is 0 Å². The number of ether oxygens (including phenoxy) is 1. The fraction of sp³-hybridized carbons (Fsp3) is 0.273. The average molecular weight is 351 g/mol. The van der Waals surface area contributed by atoms with E-state index in [1.54, 1.807) is 48.5 Å². The van der Waals surface area contributed by atoms with Crippen LogP contribution in [0.4, 0.5) is 0 Å². The lowest BCUT2D eigenvalue weighted by atomic mass is 9.94. The molecule has 0 fully saturated rings. The Kier molecular flexibility index (Phi) is 6.87. The first-order valence-corrected chi connectivity index (χ1v) is 8.78. The van der Waals surface area contributed by atoms with Crippen LogP contribution in [0, 0.1) is 0 Å². The van der Waals surface area contributed by atoms with E-state index in [0.717, 1.165) is 0 Å². The maximum Gasteiger partial charge on any atom is 0.338 e. The molecular formula is C22H25NO3. The van der Waals surface area contributed by atoms with E-state index in [2.05, 4.69) is 6.58 Å². The lowest BCUT2D eigenvalue weighted by molar-refractivity contribution is -0.142. The lowest BCUT2D eigenvalue weighted by Crippen LogP contribution is -2.27. The van der Waals surface area contributed by atoms with Crippen LogP contribution in [0.15, 0.2) is 61.2 Å². The normalized spacial score (nSPS) is 12.9. The highest BCUT2D eigenvalue weighted by Gasteiger charge is 2.22. The molecular weight excluding hydrogens is 326 g/mol. The summed E-state index contributed by atoms with van der Waals surface area (Å²) in [6.07, 6.45) is 0.988. The molecule has 2 aromatic rings. The minimum absolute atomic E-state index is 0.0621. The van der Waals surface area contributed by atoms with E-state index in [-0.39, 0.29) is 23.5 Å². The Balaban J connectivity index is 2.24. The molecule has 0 saturated carbocycles. The van der Waals surface area contributed by atoms with Crippen LogP contribution in [0.25, 0.3) is 5.57 Å². The zero-order valence-corrected chi connectivity index (χ0v) is 15.3. The predicted molar refractivity (Wildman–Crippen MR) is 104 cm³/mol. The second kappa shape index (κ2) is 9.11. The second-order valence-corrected chi connectivity index (χ2v) is 6.37. The van der Waals surface area contributed by atoms with Gasteiger partial charge in [0.2, 0.25) is 0 Å². The molecule has 4 heteroatoms. The molecule has 0 aliphatic heterocycles. The first-order valence-electron chi connectivity index (χ1n) is 8.78. The quantitative estimate of drug-likeness (QED) is 0.443. The third-order valence-electron chi connectivity index (χ3n) is 4.14. The molecule has 2 rings (SSSR count). The van der Waals surface area contributed by atoms with E-state index in [0.29, 0.717) is 29.5 Å². The summed E-state index contributed by atoms with van der Waals surface area (Å²) in [5.74, 6) is -0.677. The maximum absolute atomic E-state index is 12.8. The van der Waals surface area contributed by atoms with Gasteiger partial charge >= 0.3 is 5.97 Å². The van der Waals surface area contributed by atoms with Crippen LogP contribution >= 0.6 is 0 Å². The van der Waals surface area contributed by atoms with Gasteiger partial charge in [0.15, 0.2) is 5.78 Å². The Labute approximate surface area is 154 Å². The summed E-state index contributed by atoms with van der Waals surface area (Å²) in [4.78, 5) is 25.3. The third-order valence-corrected chi connectivity index (χ3v) is 4.14. The van der Waals surface area contributed by atoms with Crippen LogP contribution in [-0.4, -0.2) is 23.9 Å². The summed E-state index contributed by atoms with van der Waals surface area (Å²) in [6, 6.07) is 15.8. The van der Waals surface area contributed by atoms with Crippen molar-refractivity contribution in [1.29, 1.82) is 0 Å². The molecule has 26 heavy (non-hydrogen) atoms. The lowest BCUT2D eigenvalue weighted by Gasteiger charge is -2.19. The summed E-state index contributed by atoms with van der Waals surface area (Å²) in [6.45, 7) is 7.68. The summed E-state index contributed by atoms with van der Waals surface area (Å²) < 4.78 is 5.54. The Bertz CT molecular complexity index is 781. The van der Waals surface area contributed by atoms with Gasteiger partial charge in [-0.25, -0.2) is 4.79 Å². The molecule has 0 aliphatic carbocycles. The zero-order chi connectivity index (χ0) is 19.1. The van der Waals surface area contributed by atoms with Gasteiger partial charge < -0.3 is 10.5 Å². The number of esters is 1. The van der Waals surface area contributed by atoms with Crippen LogP contribution in [-0.2, 0) is 9.53 Å². The van der Waals surface area contributed by atoms with Gasteiger partial charge in [-0.1, -0.05) is 68.1 Å². The highest BCUT2D eigenvalue weighted by molar-refractivity contribution is 6.21. The first kappa shape index (κ1) is 19.6. The summed E-state index contributed by atoms with van der Waals surface area (Å²) in [5, 5.41) is 0. The molecule has 2 N–H and O–H groups in total. The van der Waals surface area contributed by atoms with Gasteiger partial charge in [0, 0.05) is 17.2 Å². The van der Waals surface area contributed by atoms with Crippen LogP contribution in [0.3, 0.4) is 0 Å². The van der Waals surface area contributed by atoms with Gasteiger partial charge in [-0.15, -0.1) is 0 Å². The van der Waals surface area contributed by atoms with Crippen molar-refractivity contribution in [3.63, 3.8) is 0 Å². The van der Waals surface area contributed by atoms with Gasteiger partial charge in [-0.3, -0.25) is 4.79 Å². The number of hydrogen-bond acceptors (Lipinski definition) is 4. The number of rotatable bonds is 8. The van der Waals surface area contributed by atoms with Crippen molar-refractivity contribution in [3.8, 4) is 0 Å². The van der Waals surface area contributed by atoms with Crippen molar-refractivity contribution in [2.75, 3.05) is 0 Å². The van der Waals surface area contributed by atoms with Crippen molar-refractivity contribution in [2.24, 2.45) is 5.73 Å². The summed E-state index contributed by atoms with van der Waals surface area (Å²) >= 11 is 0. The smallest absolute Gasteiger partial charge is 0.338 e. The molecule has 2 unspecified atom stereocenters. The van der Waals surface area contributed by atoms with E-state index in [1.807, 2.05) is 19.9 Å². The molecule has 0 heterocycles. The van der Waals surface area contributed by atoms with Crippen LogP contribution in [0.1, 0.15) is 48.2 Å². The van der Waals surface area contributed by atoms with Crippen LogP contribution < -0.4 is 5.73 Å². The number of nitrogens with two attached hydrogens (primary N) is 1. The summed E-state index contributed by atoms with van der Waals surface area (Å²) in [5.41, 5.74) is 7.45. The van der Waals surface area contributed by atoms with Crippen LogP contribution in [0.2, 0.25) is 0 Å². The number of hydrogen-bond donors (Lipinski definition) is 1. The Hall–Kier alpha value is -2.72. The number of benzene rings is 2. The number of ketones is 1. The SMILES string of the molecule is C=C(C(=O)OC(CC)CC(C)N)c1ccccc1C(=O)c1ccccc1. The second-order valence-electron chi connectivity index (χ2n) is 6.37. The number of carbonyl (C=O) groups excluding carboxylic acids is 2. The first-order chi connectivity index (χ1) is 12.4. The molecule has 2 aromatic carbocycles. The van der Waals surface area contributed by atoms with E-state index >= 15 is 0 Å². The van der Waals surface area contributed by atoms with E-state index < -0.39 is 5.97 Å². The topological polar surface area (TPSA) is 69.4 Å². The molecule has 0 aliphatic rings. The molecule has 136 valence electrons. The standard InChI is InChI=1S/C22H25NO3/c1-4-18(14-15(2)23)26-22(25)16(3)19-12-8-9-13-20(19)21(24)17-10-6-5-7-11-17/h5-13,15,18H,3-4,14,23H2,1-2H3. The highest BCUT2D eigenvalue weighted by Crippen LogP contribution is 2.23. The maximum atomic E-state index is 12.8. The van der Waals surface area contributed by atoms with E-state index in [4.69, 9.17) is 10.5 Å². The highest BCUT2D eigenvalue weighted by atomic mass is 16.5. The fourth-order valence-electron chi connectivity index (χ4n) is 2.73. The van der Waals surface area contributed by atoms with E-state index in [9.17, 15) is 9.59 Å². The minimum atomic E-state index is -0.522. The van der Waals surface area contributed by atoms with Gasteiger partial charge in [0.25, 0.3) is 0 Å². The van der Waals surface area contributed by atoms with Crippen molar-refractivity contribution in [2.45, 2.75) is 38.8 Å². The Morgan fingerprint density at radius 1 is 1.04 bits per heavy atom. The molecule has 0 spiro atoms. The summed E-state index contributed by atoms with van der Waals surface area (Å²) in [7, 11) is 0. The Morgan fingerprint density at radius 2 is 1.62 bits per heavy atom. The predicted octanol–water partition coefficient (Wildman–Crippen LogP) is 3.99. The number of carbonyl (C=O) groups is 2. The molecule has 2 atom stereocenters. The fourth-order valence-corrected chi connectivity index (χ4v) is 2.73. The molecule has 0 bridgehead atoms. The molecule has 0 amide bonds. The van der Waals surface area contributed by atoms with Gasteiger partial charge in [-0.2, -0.15) is 0 Å². The zero-order valence-electron chi connectivity index (χ0n) is 15.3. The van der Waals surface area contributed by atoms with Crippen LogP contribution in [0.5, 0.6) is 0 Å². The van der Waals surface area contributed by atoms with Gasteiger partial charge in [-0.05, 0) is 25.3 Å². The molecule has 0 radical (unpaired) electrons. The van der Waals surface area contributed by atoms with Crippen molar-refractivity contribution in [3.05, 3.63) is 77.9 Å². The molecule has 4 nitrogen and oxygen atoms in total. The largest absolute Gasteiger partial charge is 0.459 e. The average Bonchev–Trinajstić information content (AvgIpc) is 2.66. The monoisotopic (exact) mass is 351 g/mol.